The van der Waals surface area contributed by atoms with E-state index < -0.39 is 24.2 Å². The number of alkyl halides is 2. The van der Waals surface area contributed by atoms with Crippen LogP contribution in [0.1, 0.15) is 31.0 Å². The van der Waals surface area contributed by atoms with Crippen molar-refractivity contribution in [2.45, 2.75) is 26.5 Å². The molecule has 0 spiro atoms. The van der Waals surface area contributed by atoms with E-state index in [1.54, 1.807) is 44.2 Å². The molecule has 12 heteroatoms. The lowest BCUT2D eigenvalue weighted by atomic mass is 9.95. The molecule has 0 radical (unpaired) electrons. The van der Waals surface area contributed by atoms with Crippen molar-refractivity contribution in [2.75, 3.05) is 27.9 Å². The number of nitrogens with zero attached hydrogens (tertiary/aromatic N) is 2. The first-order valence-corrected chi connectivity index (χ1v) is 12.6. The van der Waals surface area contributed by atoms with Crippen LogP contribution >= 0.6 is 11.3 Å². The van der Waals surface area contributed by atoms with Gasteiger partial charge in [-0.2, -0.15) is 8.78 Å². The molecule has 4 rings (SSSR count). The summed E-state index contributed by atoms with van der Waals surface area (Å²) in [5, 5.41) is 0. The predicted molar refractivity (Wildman–Crippen MR) is 140 cm³/mol. The summed E-state index contributed by atoms with van der Waals surface area (Å²) in [4.78, 5) is 31.8. The summed E-state index contributed by atoms with van der Waals surface area (Å²) in [6, 6.07) is 8.32. The number of hydrogen-bond donors (Lipinski definition) is 0. The largest absolute Gasteiger partial charge is 0.493 e. The number of fused-ring (bicyclic) bond motifs is 1. The Hall–Kier alpha value is -4.19. The molecule has 0 fully saturated rings. The van der Waals surface area contributed by atoms with Gasteiger partial charge in [-0.05, 0) is 55.3 Å². The zero-order chi connectivity index (χ0) is 28.3. The summed E-state index contributed by atoms with van der Waals surface area (Å²) in [6.07, 6.45) is 1.62. The number of thiazole rings is 1. The van der Waals surface area contributed by atoms with Gasteiger partial charge in [0, 0.05) is 0 Å². The molecule has 0 amide bonds. The van der Waals surface area contributed by atoms with E-state index in [1.807, 2.05) is 0 Å². The monoisotopic (exact) mass is 560 g/mol. The number of methoxy groups -OCH3 is 3. The van der Waals surface area contributed by atoms with E-state index >= 15 is 0 Å². The van der Waals surface area contributed by atoms with E-state index in [0.717, 1.165) is 11.3 Å². The Labute approximate surface area is 226 Å². The van der Waals surface area contributed by atoms with E-state index in [2.05, 4.69) is 9.73 Å². The zero-order valence-electron chi connectivity index (χ0n) is 21.8. The van der Waals surface area contributed by atoms with Crippen LogP contribution in [-0.2, 0) is 9.53 Å². The van der Waals surface area contributed by atoms with Crippen molar-refractivity contribution in [1.82, 2.24) is 4.57 Å². The van der Waals surface area contributed by atoms with Gasteiger partial charge in [0.05, 0.1) is 49.8 Å². The highest BCUT2D eigenvalue weighted by Crippen LogP contribution is 2.42. The molecule has 2 aromatic carbocycles. The minimum Gasteiger partial charge on any atom is -0.493 e. The number of hydrogen-bond acceptors (Lipinski definition) is 9. The van der Waals surface area contributed by atoms with Crippen LogP contribution in [0.3, 0.4) is 0 Å². The van der Waals surface area contributed by atoms with Gasteiger partial charge in [0.1, 0.15) is 5.75 Å². The molecule has 0 unspecified atom stereocenters. The Morgan fingerprint density at radius 1 is 1.10 bits per heavy atom. The summed E-state index contributed by atoms with van der Waals surface area (Å²) in [5.41, 5.74) is 1.29. The number of ether oxygens (including phenoxy) is 5. The lowest BCUT2D eigenvalue weighted by Gasteiger charge is -2.26. The molecular weight excluding hydrogens is 534 g/mol. The summed E-state index contributed by atoms with van der Waals surface area (Å²) >= 11 is 1.13. The number of rotatable bonds is 9. The van der Waals surface area contributed by atoms with Crippen LogP contribution in [0.2, 0.25) is 0 Å². The highest BCUT2D eigenvalue weighted by molar-refractivity contribution is 7.07. The molecule has 3 aromatic rings. The fourth-order valence-electron chi connectivity index (χ4n) is 4.26. The molecule has 0 saturated carbocycles. The number of carbonyl (C=O) groups excluding carboxylic acids is 1. The second-order valence-electron chi connectivity index (χ2n) is 8.21. The SMILES string of the molecule is CCOC(=O)C1=C(C)N=c2s/c(=C/c3ccc(OC(F)F)cc3)c(=O)n2[C@@H]1c1cc(OC)c(OC)c(OC)c1. The Morgan fingerprint density at radius 3 is 2.28 bits per heavy atom. The van der Waals surface area contributed by atoms with Crippen LogP contribution in [0.4, 0.5) is 8.78 Å². The number of aromatic nitrogens is 1. The summed E-state index contributed by atoms with van der Waals surface area (Å²) < 4.78 is 52.9. The average Bonchev–Trinajstić information content (AvgIpc) is 3.21. The number of esters is 1. The van der Waals surface area contributed by atoms with Crippen LogP contribution in [0.5, 0.6) is 23.0 Å². The Morgan fingerprint density at radius 2 is 1.74 bits per heavy atom. The molecule has 0 bridgehead atoms. The van der Waals surface area contributed by atoms with Crippen LogP contribution in [0.25, 0.3) is 6.08 Å². The van der Waals surface area contributed by atoms with Crippen LogP contribution in [0.15, 0.2) is 57.5 Å². The van der Waals surface area contributed by atoms with Gasteiger partial charge < -0.3 is 23.7 Å². The molecule has 0 saturated heterocycles. The Bertz CT molecular complexity index is 1570. The molecule has 9 nitrogen and oxygen atoms in total. The standard InChI is InChI=1S/C27H26F2N2O7S/c1-6-37-25(33)21-14(2)30-27-31(22(21)16-12-18(34-3)23(36-5)19(13-16)35-4)24(32)20(39-27)11-15-7-9-17(10-8-15)38-26(28)29/h7-13,22,26H,6H2,1-5H3/b20-11+/t22-/m1/s1. The average molecular weight is 561 g/mol. The molecule has 0 N–H and O–H groups in total. The fraction of sp³-hybridized carbons (Fsp3) is 0.296. The van der Waals surface area contributed by atoms with Gasteiger partial charge in [0.2, 0.25) is 5.75 Å². The van der Waals surface area contributed by atoms with Crippen molar-refractivity contribution in [2.24, 2.45) is 4.99 Å². The fourth-order valence-corrected chi connectivity index (χ4v) is 5.31. The second kappa shape index (κ2) is 11.7. The first kappa shape index (κ1) is 27.8. The molecule has 1 aliphatic heterocycles. The minimum atomic E-state index is -2.94. The lowest BCUT2D eigenvalue weighted by Crippen LogP contribution is -2.40. The number of halogens is 2. The summed E-state index contributed by atoms with van der Waals surface area (Å²) in [7, 11) is 4.42. The number of carbonyl (C=O) groups is 1. The van der Waals surface area contributed by atoms with E-state index in [9.17, 15) is 18.4 Å². The minimum absolute atomic E-state index is 0.000661. The molecule has 1 aliphatic rings. The van der Waals surface area contributed by atoms with Crippen LogP contribution in [-0.4, -0.2) is 45.1 Å². The molecule has 0 aliphatic carbocycles. The first-order chi connectivity index (χ1) is 18.7. The van der Waals surface area contributed by atoms with E-state index in [-0.39, 0.29) is 17.9 Å². The van der Waals surface area contributed by atoms with Crippen molar-refractivity contribution >= 4 is 23.4 Å². The van der Waals surface area contributed by atoms with Gasteiger partial charge >= 0.3 is 12.6 Å². The van der Waals surface area contributed by atoms with Gasteiger partial charge in [-0.25, -0.2) is 9.79 Å². The molecule has 1 aromatic heterocycles. The van der Waals surface area contributed by atoms with Crippen molar-refractivity contribution in [1.29, 1.82) is 0 Å². The smallest absolute Gasteiger partial charge is 0.387 e. The van der Waals surface area contributed by atoms with Crippen LogP contribution < -0.4 is 33.8 Å². The molecule has 2 heterocycles. The first-order valence-electron chi connectivity index (χ1n) is 11.8. The van der Waals surface area contributed by atoms with Gasteiger partial charge in [-0.15, -0.1) is 0 Å². The summed E-state index contributed by atoms with van der Waals surface area (Å²) in [6.45, 7) is 0.560. The molecule has 206 valence electrons. The van der Waals surface area contributed by atoms with E-state index in [0.29, 0.717) is 43.4 Å². The van der Waals surface area contributed by atoms with Crippen LogP contribution in [0, 0.1) is 0 Å². The third-order valence-corrected chi connectivity index (χ3v) is 6.91. The van der Waals surface area contributed by atoms with E-state index in [4.69, 9.17) is 18.9 Å². The number of allylic oxidation sites excluding steroid dienone is 1. The topological polar surface area (TPSA) is 97.6 Å². The normalized spacial score (nSPS) is 15.1. The Kier molecular flexibility index (Phi) is 8.34. The van der Waals surface area contributed by atoms with Gasteiger partial charge in [-0.1, -0.05) is 23.5 Å². The van der Waals surface area contributed by atoms with E-state index in [1.165, 1.54) is 38.0 Å². The number of benzene rings is 2. The highest BCUT2D eigenvalue weighted by atomic mass is 32.1. The molecule has 39 heavy (non-hydrogen) atoms. The van der Waals surface area contributed by atoms with Crippen molar-refractivity contribution < 1.29 is 37.3 Å². The lowest BCUT2D eigenvalue weighted by molar-refractivity contribution is -0.139. The Balaban J connectivity index is 1.93. The maximum absolute atomic E-state index is 13.8. The van der Waals surface area contributed by atoms with Gasteiger partial charge in [-0.3, -0.25) is 9.36 Å². The third-order valence-electron chi connectivity index (χ3n) is 5.92. The zero-order valence-corrected chi connectivity index (χ0v) is 22.6. The van der Waals surface area contributed by atoms with Crippen molar-refractivity contribution in [3.8, 4) is 23.0 Å². The summed E-state index contributed by atoms with van der Waals surface area (Å²) in [5.74, 6) is 0.437. The van der Waals surface area contributed by atoms with Crippen molar-refractivity contribution in [3.05, 3.63) is 78.5 Å². The van der Waals surface area contributed by atoms with Gasteiger partial charge in [0.15, 0.2) is 16.3 Å². The highest BCUT2D eigenvalue weighted by Gasteiger charge is 2.34. The maximum atomic E-state index is 13.8. The third kappa shape index (κ3) is 5.51. The predicted octanol–water partition coefficient (Wildman–Crippen LogP) is 3.43. The second-order valence-corrected chi connectivity index (χ2v) is 9.22. The van der Waals surface area contributed by atoms with Crippen molar-refractivity contribution in [3.63, 3.8) is 0 Å². The molecular formula is C27H26F2N2O7S. The molecule has 1 atom stereocenters. The quantitative estimate of drug-likeness (QED) is 0.370. The maximum Gasteiger partial charge on any atom is 0.387 e. The van der Waals surface area contributed by atoms with Gasteiger partial charge in [0.25, 0.3) is 5.56 Å².